The number of piperidine rings is 1. The van der Waals surface area contributed by atoms with Crippen LogP contribution >= 0.6 is 0 Å². The fourth-order valence-corrected chi connectivity index (χ4v) is 5.59. The summed E-state index contributed by atoms with van der Waals surface area (Å²) in [5.74, 6) is 1.36. The highest BCUT2D eigenvalue weighted by atomic mass is 16.5. The van der Waals surface area contributed by atoms with E-state index in [0.717, 1.165) is 28.7 Å². The van der Waals surface area contributed by atoms with Crippen molar-refractivity contribution in [3.63, 3.8) is 0 Å². The van der Waals surface area contributed by atoms with E-state index >= 15 is 0 Å². The van der Waals surface area contributed by atoms with Crippen molar-refractivity contribution in [2.24, 2.45) is 0 Å². The predicted octanol–water partition coefficient (Wildman–Crippen LogP) is 6.72. The van der Waals surface area contributed by atoms with Crippen LogP contribution in [-0.2, 0) is 0 Å². The summed E-state index contributed by atoms with van der Waals surface area (Å²) in [5, 5.41) is 7.13. The Morgan fingerprint density at radius 3 is 2.59 bits per heavy atom. The molecule has 2 atom stereocenters. The van der Waals surface area contributed by atoms with Crippen LogP contribution in [0.4, 0.5) is 16.2 Å². The van der Waals surface area contributed by atoms with Crippen LogP contribution in [0.1, 0.15) is 63.9 Å². The summed E-state index contributed by atoms with van der Waals surface area (Å²) in [5.41, 5.74) is 4.05. The van der Waals surface area contributed by atoms with E-state index in [0.29, 0.717) is 5.92 Å². The summed E-state index contributed by atoms with van der Waals surface area (Å²) in [6.45, 7) is 6.45. The van der Waals surface area contributed by atoms with Crippen molar-refractivity contribution in [3.8, 4) is 5.75 Å². The van der Waals surface area contributed by atoms with E-state index in [1.165, 1.54) is 62.6 Å². The standard InChI is InChI=1S/C28H36N4O2/c1-19(2)34-24-11-7-21(8-12-24)30-28(33)31-22-9-13-27-25(17-22)26(18-29-27)20-6-10-23-5-3-4-15-32(23)16-14-20/h7-9,11-13,17-20,23,29H,3-6,10,14-16H2,1-2H3,(H2,30,31,33). The maximum atomic E-state index is 12.6. The maximum absolute atomic E-state index is 12.6. The van der Waals surface area contributed by atoms with Gasteiger partial charge in [0.2, 0.25) is 0 Å². The van der Waals surface area contributed by atoms with Crippen LogP contribution in [-0.4, -0.2) is 41.2 Å². The van der Waals surface area contributed by atoms with Crippen molar-refractivity contribution in [1.82, 2.24) is 9.88 Å². The number of aromatic nitrogens is 1. The second kappa shape index (κ2) is 10.1. The first kappa shape index (κ1) is 22.8. The molecule has 0 bridgehead atoms. The molecule has 2 amide bonds. The zero-order valence-electron chi connectivity index (χ0n) is 20.3. The molecule has 2 aromatic carbocycles. The minimum atomic E-state index is -0.250. The molecule has 0 aliphatic carbocycles. The number of hydrogen-bond acceptors (Lipinski definition) is 3. The van der Waals surface area contributed by atoms with Crippen LogP contribution in [0.25, 0.3) is 10.9 Å². The summed E-state index contributed by atoms with van der Waals surface area (Å²) in [4.78, 5) is 18.8. The van der Waals surface area contributed by atoms with E-state index in [9.17, 15) is 4.79 Å². The number of urea groups is 1. The molecule has 2 saturated heterocycles. The first-order chi connectivity index (χ1) is 16.5. The largest absolute Gasteiger partial charge is 0.491 e. The number of rotatable bonds is 5. The topological polar surface area (TPSA) is 69.4 Å². The summed E-state index contributed by atoms with van der Waals surface area (Å²) < 4.78 is 5.67. The number of nitrogens with zero attached hydrogens (tertiary/aromatic N) is 1. The number of H-pyrrole nitrogens is 1. The number of fused-ring (bicyclic) bond motifs is 2. The molecule has 2 unspecified atom stereocenters. The number of ether oxygens (including phenoxy) is 1. The van der Waals surface area contributed by atoms with Crippen molar-refractivity contribution in [1.29, 1.82) is 0 Å². The molecule has 0 radical (unpaired) electrons. The molecular formula is C28H36N4O2. The minimum Gasteiger partial charge on any atom is -0.491 e. The molecule has 3 aromatic rings. The Balaban J connectivity index is 1.26. The van der Waals surface area contributed by atoms with Gasteiger partial charge in [-0.25, -0.2) is 4.79 Å². The lowest BCUT2D eigenvalue weighted by atomic mass is 9.90. The third-order valence-electron chi connectivity index (χ3n) is 7.26. The second-order valence-corrected chi connectivity index (χ2v) is 10.0. The van der Waals surface area contributed by atoms with Crippen molar-refractivity contribution < 1.29 is 9.53 Å². The van der Waals surface area contributed by atoms with Crippen LogP contribution < -0.4 is 15.4 Å². The summed E-state index contributed by atoms with van der Waals surface area (Å²) in [7, 11) is 0. The minimum absolute atomic E-state index is 0.120. The second-order valence-electron chi connectivity index (χ2n) is 10.0. The first-order valence-electron chi connectivity index (χ1n) is 12.7. The average Bonchev–Trinajstić information content (AvgIpc) is 3.11. The van der Waals surface area contributed by atoms with E-state index < -0.39 is 0 Å². The van der Waals surface area contributed by atoms with Gasteiger partial charge in [-0.2, -0.15) is 0 Å². The lowest BCUT2D eigenvalue weighted by Gasteiger charge is -2.33. The zero-order valence-corrected chi connectivity index (χ0v) is 20.3. The fourth-order valence-electron chi connectivity index (χ4n) is 5.59. The number of amides is 2. The SMILES string of the molecule is CC(C)Oc1ccc(NC(=O)Nc2ccc3[nH]cc(C4CCC5CCCCN5CC4)c3c2)cc1. The van der Waals surface area contributed by atoms with Crippen molar-refractivity contribution >= 4 is 28.3 Å². The molecule has 180 valence electrons. The third-order valence-corrected chi connectivity index (χ3v) is 7.26. The molecule has 1 aromatic heterocycles. The van der Waals surface area contributed by atoms with E-state index in [2.05, 4.69) is 38.8 Å². The average molecular weight is 461 g/mol. The Morgan fingerprint density at radius 2 is 1.76 bits per heavy atom. The number of carbonyl (C=O) groups is 1. The van der Waals surface area contributed by atoms with Gasteiger partial charge in [0.25, 0.3) is 0 Å². The number of anilines is 2. The van der Waals surface area contributed by atoms with Gasteiger partial charge < -0.3 is 25.3 Å². The molecule has 3 N–H and O–H groups in total. The predicted molar refractivity (Wildman–Crippen MR) is 139 cm³/mol. The van der Waals surface area contributed by atoms with Gasteiger partial charge in [-0.05, 0) is 113 Å². The van der Waals surface area contributed by atoms with Gasteiger partial charge in [0.05, 0.1) is 6.10 Å². The molecule has 6 nitrogen and oxygen atoms in total. The molecule has 5 rings (SSSR count). The third kappa shape index (κ3) is 5.22. The van der Waals surface area contributed by atoms with Gasteiger partial charge in [-0.3, -0.25) is 0 Å². The van der Waals surface area contributed by atoms with Gasteiger partial charge in [-0.1, -0.05) is 6.42 Å². The summed E-state index contributed by atoms with van der Waals surface area (Å²) in [6, 6.07) is 14.1. The van der Waals surface area contributed by atoms with Crippen LogP contribution in [0.15, 0.2) is 48.7 Å². The highest BCUT2D eigenvalue weighted by Gasteiger charge is 2.28. The van der Waals surface area contributed by atoms with E-state index in [1.807, 2.05) is 44.2 Å². The highest BCUT2D eigenvalue weighted by Crippen LogP contribution is 2.37. The Bertz CT molecular complexity index is 1110. The van der Waals surface area contributed by atoms with Crippen LogP contribution in [0.2, 0.25) is 0 Å². The van der Waals surface area contributed by atoms with Crippen LogP contribution in [0, 0.1) is 0 Å². The fraction of sp³-hybridized carbons (Fsp3) is 0.464. The van der Waals surface area contributed by atoms with E-state index in [-0.39, 0.29) is 12.1 Å². The quantitative estimate of drug-likeness (QED) is 0.396. The van der Waals surface area contributed by atoms with Crippen molar-refractivity contribution in [2.75, 3.05) is 23.7 Å². The monoisotopic (exact) mass is 460 g/mol. The molecule has 2 fully saturated rings. The molecule has 3 heterocycles. The Hall–Kier alpha value is -2.99. The Labute approximate surface area is 202 Å². The van der Waals surface area contributed by atoms with Gasteiger partial charge in [-0.15, -0.1) is 0 Å². The smallest absolute Gasteiger partial charge is 0.323 e. The zero-order chi connectivity index (χ0) is 23.5. The Kier molecular flexibility index (Phi) is 6.77. The number of aromatic amines is 1. The van der Waals surface area contributed by atoms with Crippen molar-refractivity contribution in [3.05, 3.63) is 54.2 Å². The first-order valence-corrected chi connectivity index (χ1v) is 12.7. The van der Waals surface area contributed by atoms with E-state index in [1.54, 1.807) is 0 Å². The number of hydrogen-bond donors (Lipinski definition) is 3. The van der Waals surface area contributed by atoms with Crippen LogP contribution in [0.5, 0.6) is 5.75 Å². The maximum Gasteiger partial charge on any atom is 0.323 e. The van der Waals surface area contributed by atoms with Crippen molar-refractivity contribution in [2.45, 2.75) is 70.4 Å². The molecule has 0 spiro atoms. The number of nitrogens with one attached hydrogen (secondary N) is 3. The molecular weight excluding hydrogens is 424 g/mol. The molecule has 2 aliphatic rings. The number of benzene rings is 2. The lowest BCUT2D eigenvalue weighted by molar-refractivity contribution is 0.151. The van der Waals surface area contributed by atoms with E-state index in [4.69, 9.17) is 4.74 Å². The lowest BCUT2D eigenvalue weighted by Crippen LogP contribution is -2.38. The summed E-state index contributed by atoms with van der Waals surface area (Å²) in [6.07, 6.45) is 10.1. The molecule has 34 heavy (non-hydrogen) atoms. The highest BCUT2D eigenvalue weighted by molar-refractivity contribution is 6.01. The summed E-state index contributed by atoms with van der Waals surface area (Å²) >= 11 is 0. The molecule has 6 heteroatoms. The molecule has 0 saturated carbocycles. The van der Waals surface area contributed by atoms with Crippen LogP contribution in [0.3, 0.4) is 0 Å². The van der Waals surface area contributed by atoms with Gasteiger partial charge in [0.15, 0.2) is 0 Å². The normalized spacial score (nSPS) is 21.1. The van der Waals surface area contributed by atoms with Gasteiger partial charge in [0.1, 0.15) is 5.75 Å². The Morgan fingerprint density at radius 1 is 0.971 bits per heavy atom. The van der Waals surface area contributed by atoms with Gasteiger partial charge >= 0.3 is 6.03 Å². The molecule has 2 aliphatic heterocycles. The van der Waals surface area contributed by atoms with Gasteiger partial charge in [0, 0.05) is 34.5 Å². The number of carbonyl (C=O) groups excluding carboxylic acids is 1.